The molecule has 0 radical (unpaired) electrons. The van der Waals surface area contributed by atoms with E-state index in [1.165, 1.54) is 11.8 Å². The van der Waals surface area contributed by atoms with E-state index in [2.05, 4.69) is 5.32 Å². The van der Waals surface area contributed by atoms with Crippen molar-refractivity contribution in [1.29, 1.82) is 0 Å². The molecule has 1 heterocycles. The molecule has 0 aliphatic carbocycles. The Balaban J connectivity index is 2.15. The van der Waals surface area contributed by atoms with Crippen molar-refractivity contribution in [1.82, 2.24) is 10.2 Å². The van der Waals surface area contributed by atoms with Gasteiger partial charge in [-0.3, -0.25) is 9.59 Å². The van der Waals surface area contributed by atoms with E-state index >= 15 is 0 Å². The summed E-state index contributed by atoms with van der Waals surface area (Å²) in [5, 5.41) is 21.7. The number of benzene rings is 1. The van der Waals surface area contributed by atoms with Crippen LogP contribution in [0, 0.1) is 13.8 Å². The van der Waals surface area contributed by atoms with E-state index in [1.807, 2.05) is 32.0 Å². The highest BCUT2D eigenvalue weighted by Gasteiger charge is 2.38. The lowest BCUT2D eigenvalue weighted by molar-refractivity contribution is -0.143. The zero-order chi connectivity index (χ0) is 18.7. The first-order valence-electron chi connectivity index (χ1n) is 8.24. The SMILES string of the molecule is CC(=O)N1C[C@H](O)C[C@H]1C(=O)N[C@@H](Cc1c(C)cccc1C)C(=O)O. The predicted molar refractivity (Wildman–Crippen MR) is 91.0 cm³/mol. The lowest BCUT2D eigenvalue weighted by Crippen LogP contribution is -2.51. The van der Waals surface area contributed by atoms with Crippen LogP contribution in [0.5, 0.6) is 0 Å². The van der Waals surface area contributed by atoms with Crippen LogP contribution in [0.3, 0.4) is 0 Å². The van der Waals surface area contributed by atoms with Gasteiger partial charge in [0, 0.05) is 26.3 Å². The Labute approximate surface area is 146 Å². The summed E-state index contributed by atoms with van der Waals surface area (Å²) in [5.74, 6) is -2.01. The van der Waals surface area contributed by atoms with Crippen molar-refractivity contribution in [2.45, 2.75) is 51.8 Å². The van der Waals surface area contributed by atoms with Gasteiger partial charge in [-0.1, -0.05) is 18.2 Å². The average molecular weight is 348 g/mol. The summed E-state index contributed by atoms with van der Waals surface area (Å²) in [7, 11) is 0. The molecule has 2 amide bonds. The number of aryl methyl sites for hydroxylation is 2. The highest BCUT2D eigenvalue weighted by atomic mass is 16.4. The van der Waals surface area contributed by atoms with E-state index in [-0.39, 0.29) is 25.3 Å². The molecule has 1 aliphatic heterocycles. The molecule has 25 heavy (non-hydrogen) atoms. The van der Waals surface area contributed by atoms with Gasteiger partial charge in [-0.2, -0.15) is 0 Å². The fourth-order valence-electron chi connectivity index (χ4n) is 3.25. The topological polar surface area (TPSA) is 107 Å². The number of nitrogens with one attached hydrogen (secondary N) is 1. The second-order valence-corrected chi connectivity index (χ2v) is 6.55. The zero-order valence-electron chi connectivity index (χ0n) is 14.7. The predicted octanol–water partition coefficient (Wildman–Crippen LogP) is 0.397. The van der Waals surface area contributed by atoms with Crippen molar-refractivity contribution < 1.29 is 24.6 Å². The van der Waals surface area contributed by atoms with Crippen molar-refractivity contribution in [3.63, 3.8) is 0 Å². The number of likely N-dealkylation sites (tertiary alicyclic amines) is 1. The molecule has 0 aromatic heterocycles. The first-order valence-corrected chi connectivity index (χ1v) is 8.24. The zero-order valence-corrected chi connectivity index (χ0v) is 14.7. The van der Waals surface area contributed by atoms with Gasteiger partial charge < -0.3 is 20.4 Å². The molecule has 1 saturated heterocycles. The maximum absolute atomic E-state index is 12.5. The van der Waals surface area contributed by atoms with Gasteiger partial charge in [0.05, 0.1) is 6.10 Å². The second-order valence-electron chi connectivity index (χ2n) is 6.55. The molecule has 1 aromatic carbocycles. The van der Waals surface area contributed by atoms with Crippen LogP contribution in [-0.2, 0) is 20.8 Å². The number of carbonyl (C=O) groups is 3. The maximum Gasteiger partial charge on any atom is 0.326 e. The lowest BCUT2D eigenvalue weighted by Gasteiger charge is -2.24. The molecule has 2 rings (SSSR count). The molecular weight excluding hydrogens is 324 g/mol. The Morgan fingerprint density at radius 1 is 1.28 bits per heavy atom. The number of nitrogens with zero attached hydrogens (tertiary/aromatic N) is 1. The first-order chi connectivity index (χ1) is 11.7. The lowest BCUT2D eigenvalue weighted by atomic mass is 9.96. The van der Waals surface area contributed by atoms with Crippen LogP contribution in [-0.4, -0.2) is 57.6 Å². The number of carboxylic acids is 1. The smallest absolute Gasteiger partial charge is 0.326 e. The van der Waals surface area contributed by atoms with E-state index in [4.69, 9.17) is 0 Å². The van der Waals surface area contributed by atoms with Crippen LogP contribution in [0.4, 0.5) is 0 Å². The van der Waals surface area contributed by atoms with Crippen LogP contribution in [0.25, 0.3) is 0 Å². The molecular formula is C18H24N2O5. The fraction of sp³-hybridized carbons (Fsp3) is 0.500. The van der Waals surface area contributed by atoms with Gasteiger partial charge in [0.2, 0.25) is 11.8 Å². The number of β-amino-alcohol motifs (C(OH)–C–C–N with tert-alkyl or cyclic N) is 1. The highest BCUT2D eigenvalue weighted by Crippen LogP contribution is 2.19. The molecule has 0 unspecified atom stereocenters. The third-order valence-corrected chi connectivity index (χ3v) is 4.65. The highest BCUT2D eigenvalue weighted by molar-refractivity contribution is 5.90. The third kappa shape index (κ3) is 4.36. The molecule has 1 fully saturated rings. The largest absolute Gasteiger partial charge is 0.480 e. The minimum Gasteiger partial charge on any atom is -0.480 e. The van der Waals surface area contributed by atoms with Gasteiger partial charge in [0.15, 0.2) is 0 Å². The van der Waals surface area contributed by atoms with Gasteiger partial charge in [0.1, 0.15) is 12.1 Å². The molecule has 3 N–H and O–H groups in total. The quantitative estimate of drug-likeness (QED) is 0.714. The summed E-state index contributed by atoms with van der Waals surface area (Å²) in [4.78, 5) is 37.0. The van der Waals surface area contributed by atoms with Crippen molar-refractivity contribution in [2.24, 2.45) is 0 Å². The Morgan fingerprint density at radius 2 is 1.88 bits per heavy atom. The molecule has 7 heteroatoms. The van der Waals surface area contributed by atoms with Crippen molar-refractivity contribution in [3.8, 4) is 0 Å². The standard InChI is InChI=1S/C18H24N2O5/c1-10-5-4-6-11(2)14(10)8-15(18(24)25)19-17(23)16-7-13(22)9-20(16)12(3)21/h4-6,13,15-16,22H,7-9H2,1-3H3,(H,19,23)(H,24,25)/t13-,15+,16+/m1/s1. The van der Waals surface area contributed by atoms with Gasteiger partial charge in [0.25, 0.3) is 0 Å². The van der Waals surface area contributed by atoms with Gasteiger partial charge in [-0.05, 0) is 30.5 Å². The molecule has 0 saturated carbocycles. The Hall–Kier alpha value is -2.41. The Bertz CT molecular complexity index is 668. The van der Waals surface area contributed by atoms with Crippen LogP contribution in [0.1, 0.15) is 30.0 Å². The van der Waals surface area contributed by atoms with Crippen molar-refractivity contribution in [2.75, 3.05) is 6.54 Å². The van der Waals surface area contributed by atoms with Crippen LogP contribution in [0.15, 0.2) is 18.2 Å². The van der Waals surface area contributed by atoms with E-state index in [1.54, 1.807) is 0 Å². The molecule has 1 aliphatic rings. The van der Waals surface area contributed by atoms with Gasteiger partial charge in [-0.25, -0.2) is 4.79 Å². The molecule has 0 bridgehead atoms. The number of carbonyl (C=O) groups excluding carboxylic acids is 2. The number of hydrogen-bond donors (Lipinski definition) is 3. The summed E-state index contributed by atoms with van der Waals surface area (Å²) in [6, 6.07) is 3.75. The molecule has 3 atom stereocenters. The molecule has 1 aromatic rings. The normalized spacial score (nSPS) is 21.0. The molecule has 7 nitrogen and oxygen atoms in total. The number of aliphatic carboxylic acids is 1. The summed E-state index contributed by atoms with van der Waals surface area (Å²) >= 11 is 0. The van der Waals surface area contributed by atoms with E-state index in [0.717, 1.165) is 16.7 Å². The number of aliphatic hydroxyl groups excluding tert-OH is 1. The van der Waals surface area contributed by atoms with Gasteiger partial charge >= 0.3 is 5.97 Å². The average Bonchev–Trinajstić information content (AvgIpc) is 2.92. The van der Waals surface area contributed by atoms with E-state index in [0.29, 0.717) is 0 Å². The fourth-order valence-corrected chi connectivity index (χ4v) is 3.25. The Morgan fingerprint density at radius 3 is 2.40 bits per heavy atom. The Kier molecular flexibility index (Phi) is 5.79. The van der Waals surface area contributed by atoms with E-state index < -0.39 is 30.1 Å². The van der Waals surface area contributed by atoms with E-state index in [9.17, 15) is 24.6 Å². The number of carboxylic acid groups (broad SMARTS) is 1. The minimum absolute atomic E-state index is 0.0854. The summed E-state index contributed by atoms with van der Waals surface area (Å²) in [6.45, 7) is 5.20. The first kappa shape index (κ1) is 18.9. The van der Waals surface area contributed by atoms with Crippen LogP contribution >= 0.6 is 0 Å². The van der Waals surface area contributed by atoms with Crippen molar-refractivity contribution in [3.05, 3.63) is 34.9 Å². The van der Waals surface area contributed by atoms with Crippen LogP contribution in [0.2, 0.25) is 0 Å². The molecule has 136 valence electrons. The number of rotatable bonds is 5. The maximum atomic E-state index is 12.5. The summed E-state index contributed by atoms with van der Waals surface area (Å²) < 4.78 is 0. The van der Waals surface area contributed by atoms with Crippen molar-refractivity contribution >= 4 is 17.8 Å². The monoisotopic (exact) mass is 348 g/mol. The number of amides is 2. The number of hydrogen-bond acceptors (Lipinski definition) is 4. The minimum atomic E-state index is -1.14. The van der Waals surface area contributed by atoms with Gasteiger partial charge in [-0.15, -0.1) is 0 Å². The number of aliphatic hydroxyl groups is 1. The van der Waals surface area contributed by atoms with Crippen LogP contribution < -0.4 is 5.32 Å². The third-order valence-electron chi connectivity index (χ3n) is 4.65. The summed E-state index contributed by atoms with van der Waals surface area (Å²) in [5.41, 5.74) is 2.80. The molecule has 0 spiro atoms. The summed E-state index contributed by atoms with van der Waals surface area (Å²) in [6.07, 6.45) is -0.502. The second kappa shape index (κ2) is 7.65.